The Hall–Kier alpha value is -1.05. The summed E-state index contributed by atoms with van der Waals surface area (Å²) in [5, 5.41) is 0. The smallest absolute Gasteiger partial charge is 0.309 e. The second-order valence-electron chi connectivity index (χ2n) is 14.2. The van der Waals surface area contributed by atoms with Crippen LogP contribution in [-0.4, -0.2) is 31.1 Å². The van der Waals surface area contributed by atoms with E-state index in [1.165, 1.54) is 103 Å². The van der Waals surface area contributed by atoms with Gasteiger partial charge >= 0.3 is 5.97 Å². The molecule has 40 heavy (non-hydrogen) atoms. The van der Waals surface area contributed by atoms with Gasteiger partial charge in [-0.15, -0.1) is 0 Å². The van der Waals surface area contributed by atoms with Crippen molar-refractivity contribution in [2.24, 2.45) is 29.6 Å². The molecule has 0 atom stereocenters. The van der Waals surface area contributed by atoms with Crippen molar-refractivity contribution >= 4 is 5.97 Å². The van der Waals surface area contributed by atoms with Gasteiger partial charge in [0.1, 0.15) is 12.9 Å². The van der Waals surface area contributed by atoms with Crippen molar-refractivity contribution in [3.8, 4) is 11.8 Å². The molecule has 0 spiro atoms. The molecule has 5 rings (SSSR count). The Morgan fingerprint density at radius 1 is 0.500 bits per heavy atom. The first-order valence-electron chi connectivity index (χ1n) is 17.7. The molecule has 5 saturated carbocycles. The molecular formula is C36H58O4. The molecule has 0 radical (unpaired) electrons. The van der Waals surface area contributed by atoms with Crippen LogP contribution in [0.5, 0.6) is 0 Å². The minimum absolute atomic E-state index is 0.0423. The van der Waals surface area contributed by atoms with Crippen molar-refractivity contribution in [1.29, 1.82) is 0 Å². The van der Waals surface area contributed by atoms with Gasteiger partial charge in [-0.3, -0.25) is 4.79 Å². The second kappa shape index (κ2) is 16.6. The summed E-state index contributed by atoms with van der Waals surface area (Å²) in [5.74, 6) is 10.3. The predicted molar refractivity (Wildman–Crippen MR) is 161 cm³/mol. The van der Waals surface area contributed by atoms with Gasteiger partial charge in [0.15, 0.2) is 0 Å². The van der Waals surface area contributed by atoms with E-state index in [-0.39, 0.29) is 24.1 Å². The Morgan fingerprint density at radius 3 is 1.57 bits per heavy atom. The van der Waals surface area contributed by atoms with Gasteiger partial charge in [-0.1, -0.05) is 76.0 Å². The van der Waals surface area contributed by atoms with E-state index in [1.807, 2.05) is 0 Å². The summed E-state index contributed by atoms with van der Waals surface area (Å²) in [7, 11) is 0. The summed E-state index contributed by atoms with van der Waals surface area (Å²) in [6.45, 7) is 0.430. The zero-order chi connectivity index (χ0) is 27.4. The first-order valence-corrected chi connectivity index (χ1v) is 17.7. The van der Waals surface area contributed by atoms with Crippen molar-refractivity contribution in [2.75, 3.05) is 6.79 Å². The molecule has 5 aliphatic rings. The average Bonchev–Trinajstić information content (AvgIpc) is 3.02. The summed E-state index contributed by atoms with van der Waals surface area (Å²) in [5.41, 5.74) is 0. The van der Waals surface area contributed by atoms with Crippen LogP contribution in [0.3, 0.4) is 0 Å². The van der Waals surface area contributed by atoms with E-state index in [2.05, 4.69) is 11.8 Å². The molecule has 0 N–H and O–H groups in total. The second-order valence-corrected chi connectivity index (χ2v) is 14.2. The number of rotatable bonds is 9. The third-order valence-corrected chi connectivity index (χ3v) is 11.2. The van der Waals surface area contributed by atoms with Crippen LogP contribution in [0.4, 0.5) is 0 Å². The molecule has 0 aromatic heterocycles. The maximum Gasteiger partial charge on any atom is 0.309 e. The quantitative estimate of drug-likeness (QED) is 0.162. The lowest BCUT2D eigenvalue weighted by atomic mass is 9.79. The standard InChI is InChI=1S/C36H58O4/c37-36(32-19-15-30(16-20-32)13-11-28-7-3-1-4-8-28)40-35-25-23-34(24-26-35)39-27-38-33-21-17-31(18-22-33)14-12-29-9-5-2-6-10-29/h28-35H,1-10,12,14-27H2. The van der Waals surface area contributed by atoms with Gasteiger partial charge in [-0.25, -0.2) is 0 Å². The van der Waals surface area contributed by atoms with Gasteiger partial charge in [0.2, 0.25) is 0 Å². The highest BCUT2D eigenvalue weighted by atomic mass is 16.7. The van der Waals surface area contributed by atoms with Crippen molar-refractivity contribution in [1.82, 2.24) is 0 Å². The highest BCUT2D eigenvalue weighted by Gasteiger charge is 2.31. The van der Waals surface area contributed by atoms with Crippen molar-refractivity contribution in [3.05, 3.63) is 0 Å². The van der Waals surface area contributed by atoms with E-state index in [4.69, 9.17) is 14.2 Å². The molecule has 0 bridgehead atoms. The Kier molecular flexibility index (Phi) is 12.6. The molecule has 5 aliphatic carbocycles. The monoisotopic (exact) mass is 554 g/mol. The number of esters is 1. The predicted octanol–water partition coefficient (Wildman–Crippen LogP) is 9.14. The molecular weight excluding hydrogens is 496 g/mol. The molecule has 0 aliphatic heterocycles. The van der Waals surface area contributed by atoms with Crippen LogP contribution in [0.1, 0.15) is 154 Å². The molecule has 0 amide bonds. The van der Waals surface area contributed by atoms with Crippen LogP contribution in [0.2, 0.25) is 0 Å². The molecule has 0 aromatic carbocycles. The fourth-order valence-corrected chi connectivity index (χ4v) is 8.30. The molecule has 0 unspecified atom stereocenters. The summed E-state index contributed by atoms with van der Waals surface area (Å²) >= 11 is 0. The van der Waals surface area contributed by atoms with Gasteiger partial charge in [0.25, 0.3) is 0 Å². The van der Waals surface area contributed by atoms with Crippen LogP contribution in [0.25, 0.3) is 0 Å². The SMILES string of the molecule is O=C(OC1CCC(OCOC2CCC(CCC3CCCCC3)CC2)CC1)C1CCC(C#CC2CCCCC2)CC1. The van der Waals surface area contributed by atoms with E-state index in [1.54, 1.807) is 0 Å². The lowest BCUT2D eigenvalue weighted by molar-refractivity contribution is -0.163. The van der Waals surface area contributed by atoms with Gasteiger partial charge in [0, 0.05) is 11.8 Å². The topological polar surface area (TPSA) is 44.8 Å². The van der Waals surface area contributed by atoms with Crippen LogP contribution in [0, 0.1) is 41.4 Å². The van der Waals surface area contributed by atoms with Gasteiger partial charge in [-0.05, 0) is 102 Å². The van der Waals surface area contributed by atoms with E-state index >= 15 is 0 Å². The first kappa shape index (κ1) is 30.4. The fourth-order valence-electron chi connectivity index (χ4n) is 8.30. The van der Waals surface area contributed by atoms with Crippen molar-refractivity contribution < 1.29 is 19.0 Å². The van der Waals surface area contributed by atoms with Crippen molar-refractivity contribution in [2.45, 2.75) is 172 Å². The molecule has 226 valence electrons. The molecule has 4 nitrogen and oxygen atoms in total. The summed E-state index contributed by atoms with van der Waals surface area (Å²) in [4.78, 5) is 12.8. The number of hydrogen-bond acceptors (Lipinski definition) is 4. The normalized spacial score (nSPS) is 34.5. The third-order valence-electron chi connectivity index (χ3n) is 11.2. The minimum atomic E-state index is 0.0423. The maximum absolute atomic E-state index is 12.8. The van der Waals surface area contributed by atoms with Gasteiger partial charge in [0.05, 0.1) is 18.1 Å². The molecule has 5 fully saturated rings. The maximum atomic E-state index is 12.8. The van der Waals surface area contributed by atoms with Crippen molar-refractivity contribution in [3.63, 3.8) is 0 Å². The summed E-state index contributed by atoms with van der Waals surface area (Å²) in [6, 6.07) is 0. The molecule has 0 heterocycles. The Morgan fingerprint density at radius 2 is 0.975 bits per heavy atom. The fraction of sp³-hybridized carbons (Fsp3) is 0.917. The Bertz CT molecular complexity index is 777. The molecule has 0 saturated heterocycles. The Labute approximate surface area is 245 Å². The van der Waals surface area contributed by atoms with Crippen LogP contribution < -0.4 is 0 Å². The number of carbonyl (C=O) groups excluding carboxylic acids is 1. The van der Waals surface area contributed by atoms with Gasteiger partial charge < -0.3 is 14.2 Å². The van der Waals surface area contributed by atoms with E-state index in [9.17, 15) is 4.79 Å². The van der Waals surface area contributed by atoms with Crippen LogP contribution in [0.15, 0.2) is 0 Å². The number of ether oxygens (including phenoxy) is 3. The summed E-state index contributed by atoms with van der Waals surface area (Å²) < 4.78 is 18.2. The van der Waals surface area contributed by atoms with Crippen LogP contribution in [-0.2, 0) is 19.0 Å². The highest BCUT2D eigenvalue weighted by Crippen LogP contribution is 2.35. The van der Waals surface area contributed by atoms with E-state index < -0.39 is 0 Å². The molecule has 0 aromatic rings. The zero-order valence-corrected chi connectivity index (χ0v) is 25.4. The average molecular weight is 555 g/mol. The number of hydrogen-bond donors (Lipinski definition) is 0. The number of carbonyl (C=O) groups is 1. The largest absolute Gasteiger partial charge is 0.462 e. The first-order chi connectivity index (χ1) is 19.7. The lowest BCUT2D eigenvalue weighted by Gasteiger charge is -2.32. The third kappa shape index (κ3) is 10.0. The minimum Gasteiger partial charge on any atom is -0.462 e. The zero-order valence-electron chi connectivity index (χ0n) is 25.4. The molecule has 4 heteroatoms. The summed E-state index contributed by atoms with van der Waals surface area (Å²) in [6.07, 6.45) is 30.5. The van der Waals surface area contributed by atoms with E-state index in [0.29, 0.717) is 24.7 Å². The lowest BCUT2D eigenvalue weighted by Crippen LogP contribution is -2.32. The highest BCUT2D eigenvalue weighted by molar-refractivity contribution is 5.72. The van der Waals surface area contributed by atoms with E-state index in [0.717, 1.165) is 63.2 Å². The Balaban J connectivity index is 0.882. The van der Waals surface area contributed by atoms with Gasteiger partial charge in [-0.2, -0.15) is 0 Å². The van der Waals surface area contributed by atoms with Crippen LogP contribution >= 0.6 is 0 Å².